The third kappa shape index (κ3) is 1.69. The topological polar surface area (TPSA) is 58.9 Å². The highest BCUT2D eigenvalue weighted by Gasteiger charge is 2.54. The Morgan fingerprint density at radius 2 is 2.09 bits per heavy atom. The van der Waals surface area contributed by atoms with Gasteiger partial charge in [0.05, 0.1) is 5.71 Å². The number of rotatable bonds is 3. The number of hydrogen-bond acceptors (Lipinski definition) is 3. The molecule has 0 atom stereocenters. The maximum absolute atomic E-state index is 10.5. The Morgan fingerprint density at radius 1 is 1.55 bits per heavy atom. The lowest BCUT2D eigenvalue weighted by Crippen LogP contribution is -2.23. The minimum Gasteiger partial charge on any atom is -0.478 e. The Labute approximate surface area is 64.8 Å². The van der Waals surface area contributed by atoms with Crippen molar-refractivity contribution in [3.8, 4) is 0 Å². The highest BCUT2D eigenvalue weighted by atomic mass is 16.7. The molecule has 1 fully saturated rings. The summed E-state index contributed by atoms with van der Waals surface area (Å²) in [7, 11) is 0. The normalized spacial score (nSPS) is 18.7. The summed E-state index contributed by atoms with van der Waals surface area (Å²) in [5.41, 5.74) is -0.255. The lowest BCUT2D eigenvalue weighted by atomic mass is 10.4. The summed E-state index contributed by atoms with van der Waals surface area (Å²) >= 11 is 0. The lowest BCUT2D eigenvalue weighted by Gasteiger charge is -2.06. The van der Waals surface area contributed by atoms with Gasteiger partial charge in [-0.25, -0.2) is 4.79 Å². The molecule has 0 heterocycles. The monoisotopic (exact) mass is 157 g/mol. The number of carboxylic acids is 1. The van der Waals surface area contributed by atoms with E-state index in [2.05, 4.69) is 5.16 Å². The zero-order valence-corrected chi connectivity index (χ0v) is 6.63. The second kappa shape index (κ2) is 2.53. The van der Waals surface area contributed by atoms with E-state index in [4.69, 9.17) is 9.94 Å². The number of carboxylic acid groups (broad SMARTS) is 1. The van der Waals surface area contributed by atoms with Crippen LogP contribution >= 0.6 is 0 Å². The second-order valence-electron chi connectivity index (χ2n) is 2.93. The van der Waals surface area contributed by atoms with Crippen LogP contribution in [0.5, 0.6) is 0 Å². The van der Waals surface area contributed by atoms with Gasteiger partial charge in [-0.3, -0.25) is 0 Å². The molecule has 1 aliphatic rings. The number of hydrogen-bond donors (Lipinski definition) is 1. The van der Waals surface area contributed by atoms with Crippen molar-refractivity contribution < 1.29 is 14.7 Å². The molecule has 1 rings (SSSR count). The molecule has 0 aromatic rings. The van der Waals surface area contributed by atoms with E-state index in [1.54, 1.807) is 13.8 Å². The van der Waals surface area contributed by atoms with E-state index in [0.29, 0.717) is 12.8 Å². The standard InChI is InChI=1S/C7H11NO3/c1-5(2)8-11-7(3-4-7)6(9)10/h3-4H2,1-2H3,(H,9,10). The maximum atomic E-state index is 10.5. The van der Waals surface area contributed by atoms with Gasteiger partial charge in [-0.15, -0.1) is 0 Å². The zero-order valence-electron chi connectivity index (χ0n) is 6.63. The van der Waals surface area contributed by atoms with E-state index in [1.165, 1.54) is 0 Å². The van der Waals surface area contributed by atoms with E-state index in [-0.39, 0.29) is 0 Å². The van der Waals surface area contributed by atoms with Crippen LogP contribution in [-0.2, 0) is 9.63 Å². The Balaban J connectivity index is 2.49. The van der Waals surface area contributed by atoms with Gasteiger partial charge in [0.2, 0.25) is 5.60 Å². The highest BCUT2D eigenvalue weighted by Crippen LogP contribution is 2.39. The fourth-order valence-corrected chi connectivity index (χ4v) is 0.636. The molecule has 4 heteroatoms. The van der Waals surface area contributed by atoms with Gasteiger partial charge in [0.1, 0.15) is 0 Å². The van der Waals surface area contributed by atoms with E-state index >= 15 is 0 Å². The first-order valence-electron chi connectivity index (χ1n) is 3.50. The summed E-state index contributed by atoms with van der Waals surface area (Å²) in [6.45, 7) is 3.52. The predicted octanol–water partition coefficient (Wildman–Crippen LogP) is 1.02. The number of oxime groups is 1. The Kier molecular flexibility index (Phi) is 1.85. The minimum absolute atomic E-state index is 0.569. The fourth-order valence-electron chi connectivity index (χ4n) is 0.636. The molecule has 11 heavy (non-hydrogen) atoms. The van der Waals surface area contributed by atoms with Crippen molar-refractivity contribution in [1.29, 1.82) is 0 Å². The first-order chi connectivity index (χ1) is 5.07. The average molecular weight is 157 g/mol. The average Bonchev–Trinajstić information content (AvgIpc) is 2.63. The van der Waals surface area contributed by atoms with Gasteiger partial charge in [-0.1, -0.05) is 5.16 Å². The van der Waals surface area contributed by atoms with Gasteiger partial charge in [0.15, 0.2) is 0 Å². The van der Waals surface area contributed by atoms with Crippen molar-refractivity contribution in [2.24, 2.45) is 5.16 Å². The van der Waals surface area contributed by atoms with Gasteiger partial charge in [-0.2, -0.15) is 0 Å². The SMILES string of the molecule is CC(C)=NOC1(C(=O)O)CC1. The molecule has 1 N–H and O–H groups in total. The molecule has 62 valence electrons. The maximum Gasteiger partial charge on any atom is 0.350 e. The van der Waals surface area contributed by atoms with E-state index in [9.17, 15) is 4.79 Å². The van der Waals surface area contributed by atoms with Crippen molar-refractivity contribution in [2.45, 2.75) is 32.3 Å². The summed E-state index contributed by atoms with van der Waals surface area (Å²) in [5.74, 6) is -0.914. The van der Waals surface area contributed by atoms with Crippen LogP contribution in [0.4, 0.5) is 0 Å². The molecular formula is C7H11NO3. The molecule has 0 radical (unpaired) electrons. The van der Waals surface area contributed by atoms with Crippen LogP contribution in [0.2, 0.25) is 0 Å². The molecule has 0 aliphatic heterocycles. The second-order valence-corrected chi connectivity index (χ2v) is 2.93. The molecule has 0 unspecified atom stereocenters. The molecule has 1 aliphatic carbocycles. The fraction of sp³-hybridized carbons (Fsp3) is 0.714. The molecular weight excluding hydrogens is 146 g/mol. The van der Waals surface area contributed by atoms with E-state index in [0.717, 1.165) is 5.71 Å². The Morgan fingerprint density at radius 3 is 2.36 bits per heavy atom. The zero-order chi connectivity index (χ0) is 8.48. The van der Waals surface area contributed by atoms with Crippen molar-refractivity contribution in [3.63, 3.8) is 0 Å². The van der Waals surface area contributed by atoms with Crippen LogP contribution in [0.25, 0.3) is 0 Å². The van der Waals surface area contributed by atoms with Gasteiger partial charge in [0, 0.05) is 12.8 Å². The van der Waals surface area contributed by atoms with Crippen LogP contribution < -0.4 is 0 Å². The van der Waals surface area contributed by atoms with Gasteiger partial charge in [0.25, 0.3) is 0 Å². The van der Waals surface area contributed by atoms with Crippen LogP contribution in [0.15, 0.2) is 5.16 Å². The van der Waals surface area contributed by atoms with Crippen LogP contribution in [0.3, 0.4) is 0 Å². The third-order valence-electron chi connectivity index (χ3n) is 1.50. The molecule has 0 spiro atoms. The van der Waals surface area contributed by atoms with Crippen LogP contribution in [0.1, 0.15) is 26.7 Å². The first kappa shape index (κ1) is 8.04. The third-order valence-corrected chi connectivity index (χ3v) is 1.50. The molecule has 1 saturated carbocycles. The van der Waals surface area contributed by atoms with Crippen LogP contribution in [-0.4, -0.2) is 22.4 Å². The van der Waals surface area contributed by atoms with Crippen molar-refractivity contribution in [2.75, 3.05) is 0 Å². The summed E-state index contributed by atoms with van der Waals surface area (Å²) in [6, 6.07) is 0. The molecule has 0 amide bonds. The van der Waals surface area contributed by atoms with Crippen LogP contribution in [0, 0.1) is 0 Å². The Bertz CT molecular complexity index is 202. The first-order valence-corrected chi connectivity index (χ1v) is 3.50. The quantitative estimate of drug-likeness (QED) is 0.491. The highest BCUT2D eigenvalue weighted by molar-refractivity contribution is 5.81. The number of carbonyl (C=O) groups is 1. The van der Waals surface area contributed by atoms with Gasteiger partial charge in [-0.05, 0) is 13.8 Å². The molecule has 0 saturated heterocycles. The van der Waals surface area contributed by atoms with E-state index in [1.807, 2.05) is 0 Å². The lowest BCUT2D eigenvalue weighted by molar-refractivity contribution is -0.153. The van der Waals surface area contributed by atoms with Crippen molar-refractivity contribution >= 4 is 11.7 Å². The van der Waals surface area contributed by atoms with E-state index < -0.39 is 11.6 Å². The summed E-state index contributed by atoms with van der Waals surface area (Å²) < 4.78 is 0. The predicted molar refractivity (Wildman–Crippen MR) is 39.5 cm³/mol. The largest absolute Gasteiger partial charge is 0.478 e. The molecule has 0 bridgehead atoms. The van der Waals surface area contributed by atoms with Crippen molar-refractivity contribution in [3.05, 3.63) is 0 Å². The van der Waals surface area contributed by atoms with Crippen molar-refractivity contribution in [1.82, 2.24) is 0 Å². The van der Waals surface area contributed by atoms with Gasteiger partial charge < -0.3 is 9.94 Å². The summed E-state index contributed by atoms with van der Waals surface area (Å²) in [5, 5.41) is 12.2. The minimum atomic E-state index is -0.989. The molecule has 4 nitrogen and oxygen atoms in total. The summed E-state index contributed by atoms with van der Waals surface area (Å²) in [6.07, 6.45) is 1.14. The Hall–Kier alpha value is -1.06. The smallest absolute Gasteiger partial charge is 0.350 e. The molecule has 0 aromatic carbocycles. The number of nitrogens with zero attached hydrogens (tertiary/aromatic N) is 1. The van der Waals surface area contributed by atoms with Gasteiger partial charge >= 0.3 is 5.97 Å². The number of aliphatic carboxylic acids is 1. The molecule has 0 aromatic heterocycles. The summed E-state index contributed by atoms with van der Waals surface area (Å²) in [4.78, 5) is 15.4.